The minimum Gasteiger partial charge on any atom is -0.489 e. The lowest BCUT2D eigenvalue weighted by Crippen LogP contribution is -2.01. The van der Waals surface area contributed by atoms with Crippen LogP contribution in [0.25, 0.3) is 17.2 Å². The number of allylic oxidation sites excluding steroid dienone is 1. The van der Waals surface area contributed by atoms with E-state index in [9.17, 15) is 13.6 Å². The molecule has 0 atom stereocenters. The fourth-order valence-corrected chi connectivity index (χ4v) is 3.64. The molecule has 3 nitrogen and oxygen atoms in total. The van der Waals surface area contributed by atoms with Crippen molar-refractivity contribution < 1.29 is 23.0 Å². The molecule has 5 heteroatoms. The van der Waals surface area contributed by atoms with E-state index in [-0.39, 0.29) is 23.7 Å². The van der Waals surface area contributed by atoms with Crippen molar-refractivity contribution in [2.24, 2.45) is 0 Å². The first kappa shape index (κ1) is 20.6. The van der Waals surface area contributed by atoms with Gasteiger partial charge in [0.25, 0.3) is 0 Å². The van der Waals surface area contributed by atoms with Crippen LogP contribution in [-0.4, -0.2) is 5.78 Å². The zero-order valence-corrected chi connectivity index (χ0v) is 17.4. The van der Waals surface area contributed by atoms with Crippen molar-refractivity contribution >= 4 is 11.9 Å². The van der Waals surface area contributed by atoms with Crippen molar-refractivity contribution in [1.82, 2.24) is 0 Å². The molecule has 0 spiro atoms. The first-order chi connectivity index (χ1) is 16.1. The summed E-state index contributed by atoms with van der Waals surface area (Å²) in [6, 6.07) is 26.2. The first-order valence-electron chi connectivity index (χ1n) is 10.4. The van der Waals surface area contributed by atoms with Crippen LogP contribution in [-0.2, 0) is 6.61 Å². The molecule has 5 rings (SSSR count). The van der Waals surface area contributed by atoms with E-state index in [1.165, 1.54) is 18.2 Å². The number of hydrogen-bond donors (Lipinski definition) is 0. The summed E-state index contributed by atoms with van der Waals surface area (Å²) in [5, 5.41) is 0. The third-order valence-corrected chi connectivity index (χ3v) is 5.40. The number of hydrogen-bond acceptors (Lipinski definition) is 3. The third-order valence-electron chi connectivity index (χ3n) is 5.40. The monoisotopic (exact) mass is 440 g/mol. The Morgan fingerprint density at radius 1 is 0.788 bits per heavy atom. The van der Waals surface area contributed by atoms with Gasteiger partial charge in [-0.15, -0.1) is 0 Å². The maximum atomic E-state index is 13.8. The number of ketones is 1. The third kappa shape index (κ3) is 4.26. The van der Waals surface area contributed by atoms with Gasteiger partial charge < -0.3 is 9.47 Å². The van der Waals surface area contributed by atoms with Gasteiger partial charge in [-0.25, -0.2) is 8.78 Å². The summed E-state index contributed by atoms with van der Waals surface area (Å²) in [5.41, 5.74) is 3.27. The molecule has 0 radical (unpaired) electrons. The molecule has 0 fully saturated rings. The lowest BCUT2D eigenvalue weighted by atomic mass is 10.0. The van der Waals surface area contributed by atoms with Gasteiger partial charge >= 0.3 is 0 Å². The second kappa shape index (κ2) is 8.71. The van der Waals surface area contributed by atoms with Crippen molar-refractivity contribution in [3.8, 4) is 22.6 Å². The second-order valence-electron chi connectivity index (χ2n) is 7.57. The van der Waals surface area contributed by atoms with Crippen LogP contribution in [0.5, 0.6) is 11.5 Å². The van der Waals surface area contributed by atoms with Crippen LogP contribution in [0.2, 0.25) is 0 Å². The molecule has 1 aliphatic rings. The Kier molecular flexibility index (Phi) is 5.45. The van der Waals surface area contributed by atoms with E-state index in [1.807, 2.05) is 54.6 Å². The Morgan fingerprint density at radius 3 is 2.21 bits per heavy atom. The van der Waals surface area contributed by atoms with Gasteiger partial charge in [-0.05, 0) is 47.0 Å². The average molecular weight is 440 g/mol. The highest BCUT2D eigenvalue weighted by Crippen LogP contribution is 2.35. The molecule has 33 heavy (non-hydrogen) atoms. The number of benzene rings is 4. The lowest BCUT2D eigenvalue weighted by molar-refractivity contribution is 0.101. The standard InChI is InChI=1S/C28H18F2O3/c29-24-7-4-8-25(30)23(24)17-32-21-13-14-22-26(16-21)33-27(28(22)31)15-18-9-11-20(12-10-18)19-5-2-1-3-6-19/h1-16H,17H2/b27-15-. The van der Waals surface area contributed by atoms with Crippen molar-refractivity contribution in [2.45, 2.75) is 6.61 Å². The van der Waals surface area contributed by atoms with Gasteiger partial charge in [0.05, 0.1) is 11.1 Å². The second-order valence-corrected chi connectivity index (χ2v) is 7.57. The van der Waals surface area contributed by atoms with E-state index in [0.29, 0.717) is 17.1 Å². The van der Waals surface area contributed by atoms with E-state index in [2.05, 4.69) is 0 Å². The lowest BCUT2D eigenvalue weighted by Gasteiger charge is -2.09. The predicted octanol–water partition coefficient (Wildman–Crippen LogP) is 6.83. The normalized spacial score (nSPS) is 13.6. The van der Waals surface area contributed by atoms with Crippen molar-refractivity contribution in [1.29, 1.82) is 0 Å². The van der Waals surface area contributed by atoms with Crippen molar-refractivity contribution in [2.75, 3.05) is 0 Å². The largest absolute Gasteiger partial charge is 0.489 e. The number of carbonyl (C=O) groups is 1. The highest BCUT2D eigenvalue weighted by Gasteiger charge is 2.27. The summed E-state index contributed by atoms with van der Waals surface area (Å²) >= 11 is 0. The first-order valence-corrected chi connectivity index (χ1v) is 10.4. The van der Waals surface area contributed by atoms with Gasteiger partial charge in [-0.2, -0.15) is 0 Å². The van der Waals surface area contributed by atoms with Crippen LogP contribution >= 0.6 is 0 Å². The average Bonchev–Trinajstić information content (AvgIpc) is 3.14. The predicted molar refractivity (Wildman–Crippen MR) is 122 cm³/mol. The number of carbonyl (C=O) groups excluding carboxylic acids is 1. The summed E-state index contributed by atoms with van der Waals surface area (Å²) < 4.78 is 38.9. The fraction of sp³-hybridized carbons (Fsp3) is 0.0357. The van der Waals surface area contributed by atoms with Gasteiger partial charge in [0.1, 0.15) is 29.7 Å². The van der Waals surface area contributed by atoms with E-state index in [0.717, 1.165) is 16.7 Å². The summed E-state index contributed by atoms with van der Waals surface area (Å²) in [7, 11) is 0. The number of ether oxygens (including phenoxy) is 2. The van der Waals surface area contributed by atoms with Crippen LogP contribution in [0.4, 0.5) is 8.78 Å². The van der Waals surface area contributed by atoms with Crippen LogP contribution in [0.15, 0.2) is 96.8 Å². The zero-order valence-electron chi connectivity index (χ0n) is 17.4. The molecule has 0 aromatic heterocycles. The summed E-state index contributed by atoms with van der Waals surface area (Å²) in [5.74, 6) is -0.688. The van der Waals surface area contributed by atoms with Crippen LogP contribution in [0.1, 0.15) is 21.5 Å². The molecule has 162 valence electrons. The maximum absolute atomic E-state index is 13.8. The van der Waals surface area contributed by atoms with Gasteiger partial charge in [0.2, 0.25) is 5.78 Å². The van der Waals surface area contributed by atoms with Gasteiger partial charge in [-0.1, -0.05) is 60.7 Å². The maximum Gasteiger partial charge on any atom is 0.231 e. The summed E-state index contributed by atoms with van der Waals surface area (Å²) in [6.07, 6.45) is 1.69. The van der Waals surface area contributed by atoms with E-state index >= 15 is 0 Å². The molecule has 0 amide bonds. The summed E-state index contributed by atoms with van der Waals surface area (Å²) in [6.45, 7) is -0.276. The molecule has 4 aromatic rings. The molecule has 4 aromatic carbocycles. The quantitative estimate of drug-likeness (QED) is 0.319. The molecule has 1 aliphatic heterocycles. The minimum atomic E-state index is -0.675. The van der Waals surface area contributed by atoms with Crippen LogP contribution < -0.4 is 9.47 Å². The Bertz CT molecular complexity index is 1340. The SMILES string of the molecule is O=C1/C(=C/c2ccc(-c3ccccc3)cc2)Oc2cc(OCc3c(F)cccc3F)ccc21. The van der Waals surface area contributed by atoms with E-state index < -0.39 is 11.6 Å². The van der Waals surface area contributed by atoms with Crippen molar-refractivity contribution in [3.63, 3.8) is 0 Å². The van der Waals surface area contributed by atoms with E-state index in [4.69, 9.17) is 9.47 Å². The van der Waals surface area contributed by atoms with Crippen LogP contribution in [0.3, 0.4) is 0 Å². The van der Waals surface area contributed by atoms with Gasteiger partial charge in [0.15, 0.2) is 5.76 Å². The highest BCUT2D eigenvalue weighted by molar-refractivity contribution is 6.14. The Balaban J connectivity index is 1.32. The number of rotatable bonds is 5. The van der Waals surface area contributed by atoms with Crippen molar-refractivity contribution in [3.05, 3.63) is 125 Å². The summed E-state index contributed by atoms with van der Waals surface area (Å²) in [4.78, 5) is 12.7. The molecule has 1 heterocycles. The Hall–Kier alpha value is -4.25. The fourth-order valence-electron chi connectivity index (χ4n) is 3.64. The molecule has 0 bridgehead atoms. The van der Waals surface area contributed by atoms with Gasteiger partial charge in [-0.3, -0.25) is 4.79 Å². The van der Waals surface area contributed by atoms with Gasteiger partial charge in [0, 0.05) is 6.07 Å². The molecular weight excluding hydrogens is 422 g/mol. The zero-order chi connectivity index (χ0) is 22.8. The molecular formula is C28H18F2O3. The molecule has 0 N–H and O–H groups in total. The minimum absolute atomic E-state index is 0.158. The van der Waals surface area contributed by atoms with E-state index in [1.54, 1.807) is 24.3 Å². The Labute approximate surface area is 189 Å². The van der Waals surface area contributed by atoms with Crippen LogP contribution in [0, 0.1) is 11.6 Å². The number of halogens is 2. The number of Topliss-reactive ketones (excluding diaryl/α,β-unsaturated/α-hetero) is 1. The molecule has 0 saturated carbocycles. The topological polar surface area (TPSA) is 35.5 Å². The molecule has 0 unspecified atom stereocenters. The number of fused-ring (bicyclic) bond motifs is 1. The molecule has 0 saturated heterocycles. The smallest absolute Gasteiger partial charge is 0.231 e. The highest BCUT2D eigenvalue weighted by atomic mass is 19.1. The molecule has 0 aliphatic carbocycles. The Morgan fingerprint density at radius 2 is 1.48 bits per heavy atom.